The Balaban J connectivity index is 1.72. The topological polar surface area (TPSA) is 50.8 Å². The van der Waals surface area contributed by atoms with Crippen molar-refractivity contribution in [2.75, 3.05) is 31.5 Å². The average molecular weight is 415 g/mol. The largest absolute Gasteiger partial charge is 0.381 e. The number of ether oxygens (including phenoxy) is 2. The van der Waals surface area contributed by atoms with Crippen LogP contribution in [0, 0.1) is 5.82 Å². The minimum atomic E-state index is -0.480. The fourth-order valence-electron chi connectivity index (χ4n) is 4.08. The summed E-state index contributed by atoms with van der Waals surface area (Å²) in [7, 11) is 5.18. The molecule has 1 aliphatic rings. The number of amides is 1. The zero-order chi connectivity index (χ0) is 21.7. The van der Waals surface area contributed by atoms with Gasteiger partial charge in [-0.2, -0.15) is 0 Å². The van der Waals surface area contributed by atoms with Crippen LogP contribution in [-0.4, -0.2) is 33.3 Å². The maximum Gasteiger partial charge on any atom is 0.223 e. The van der Waals surface area contributed by atoms with Crippen LogP contribution in [0.5, 0.6) is 0 Å². The van der Waals surface area contributed by atoms with E-state index in [9.17, 15) is 9.18 Å². The Bertz CT molecular complexity index is 861. The van der Waals surface area contributed by atoms with Gasteiger partial charge in [-0.25, -0.2) is 4.39 Å². The Morgan fingerprint density at radius 2 is 1.83 bits per heavy atom. The first-order valence-corrected chi connectivity index (χ1v) is 10.3. The monoisotopic (exact) mass is 414 g/mol. The lowest BCUT2D eigenvalue weighted by molar-refractivity contribution is -0.116. The van der Waals surface area contributed by atoms with E-state index in [1.54, 1.807) is 32.2 Å². The van der Waals surface area contributed by atoms with Crippen molar-refractivity contribution in [2.24, 2.45) is 0 Å². The maximum atomic E-state index is 14.4. The zero-order valence-corrected chi connectivity index (χ0v) is 18.2. The minimum Gasteiger partial charge on any atom is -0.381 e. The van der Waals surface area contributed by atoms with Crippen LogP contribution in [0.3, 0.4) is 0 Å². The third-order valence-corrected chi connectivity index (χ3v) is 6.18. The molecular formula is C24H31FN2O3. The second kappa shape index (κ2) is 9.58. The predicted octanol–water partition coefficient (Wildman–Crippen LogP) is 4.85. The first-order valence-electron chi connectivity index (χ1n) is 10.3. The number of rotatable bonds is 7. The maximum absolute atomic E-state index is 14.4. The number of nitrogens with zero attached hydrogens (tertiary/aromatic N) is 1. The number of halogens is 1. The molecular weight excluding hydrogens is 383 g/mol. The van der Waals surface area contributed by atoms with Crippen molar-refractivity contribution in [1.82, 2.24) is 0 Å². The lowest BCUT2D eigenvalue weighted by Gasteiger charge is -2.39. The van der Waals surface area contributed by atoms with E-state index < -0.39 is 5.60 Å². The molecule has 162 valence electrons. The molecule has 1 fully saturated rings. The van der Waals surface area contributed by atoms with Crippen LogP contribution >= 0.6 is 0 Å². The molecule has 6 heteroatoms. The molecule has 0 bridgehead atoms. The summed E-state index contributed by atoms with van der Waals surface area (Å²) in [5.74, 6) is -0.293. The number of methoxy groups -OCH3 is 2. The van der Waals surface area contributed by atoms with Crippen LogP contribution in [0.1, 0.15) is 43.7 Å². The van der Waals surface area contributed by atoms with E-state index in [4.69, 9.17) is 9.47 Å². The molecule has 2 aromatic rings. The van der Waals surface area contributed by atoms with Gasteiger partial charge < -0.3 is 19.7 Å². The van der Waals surface area contributed by atoms with E-state index in [1.807, 2.05) is 30.3 Å². The highest BCUT2D eigenvalue weighted by atomic mass is 19.1. The van der Waals surface area contributed by atoms with E-state index in [0.717, 1.165) is 48.2 Å². The summed E-state index contributed by atoms with van der Waals surface area (Å²) < 4.78 is 25.8. The van der Waals surface area contributed by atoms with E-state index >= 15 is 0 Å². The van der Waals surface area contributed by atoms with Crippen LogP contribution in [0.15, 0.2) is 42.5 Å². The van der Waals surface area contributed by atoms with Crippen LogP contribution in [0.4, 0.5) is 15.8 Å². The summed E-state index contributed by atoms with van der Waals surface area (Å²) in [6.45, 7) is 2.09. The second-order valence-electron chi connectivity index (χ2n) is 7.96. The lowest BCUT2D eigenvalue weighted by Crippen LogP contribution is -2.36. The number of anilines is 2. The molecule has 5 nitrogen and oxygen atoms in total. The number of carbonyl (C=O) groups excluding carboxylic acids is 1. The Morgan fingerprint density at radius 3 is 2.40 bits per heavy atom. The molecule has 3 rings (SSSR count). The van der Waals surface area contributed by atoms with Crippen LogP contribution in [0.25, 0.3) is 0 Å². The molecule has 0 heterocycles. The lowest BCUT2D eigenvalue weighted by atomic mass is 9.78. The third kappa shape index (κ3) is 4.99. The Labute approximate surface area is 178 Å². The summed E-state index contributed by atoms with van der Waals surface area (Å²) in [6.07, 6.45) is 3.63. The highest BCUT2D eigenvalue weighted by Gasteiger charge is 2.37. The molecule has 30 heavy (non-hydrogen) atoms. The van der Waals surface area contributed by atoms with Crippen LogP contribution in [-0.2, 0) is 26.4 Å². The molecule has 0 saturated heterocycles. The van der Waals surface area contributed by atoms with Gasteiger partial charge in [-0.05, 0) is 67.1 Å². The first-order chi connectivity index (χ1) is 14.4. The average Bonchev–Trinajstić information content (AvgIpc) is 2.77. The summed E-state index contributed by atoms with van der Waals surface area (Å²) in [6, 6.07) is 12.8. The van der Waals surface area contributed by atoms with Gasteiger partial charge in [0.2, 0.25) is 5.91 Å². The first kappa shape index (κ1) is 22.2. The SMILES string of the molecule is COC1CCC(OC)(c2cc(F)cc(NCc3ccc(N(C)C(C)=O)cc3)c2)CC1. The smallest absolute Gasteiger partial charge is 0.223 e. The number of nitrogens with one attached hydrogen (secondary N) is 1. The van der Waals surface area contributed by atoms with Gasteiger partial charge in [0.15, 0.2) is 0 Å². The predicted molar refractivity (Wildman–Crippen MR) is 117 cm³/mol. The highest BCUT2D eigenvalue weighted by molar-refractivity contribution is 5.90. The Morgan fingerprint density at radius 1 is 1.17 bits per heavy atom. The highest BCUT2D eigenvalue weighted by Crippen LogP contribution is 2.41. The van der Waals surface area contributed by atoms with Crippen LogP contribution in [0.2, 0.25) is 0 Å². The van der Waals surface area contributed by atoms with Gasteiger partial charge in [-0.15, -0.1) is 0 Å². The Kier molecular flexibility index (Phi) is 7.10. The van der Waals surface area contributed by atoms with E-state index in [2.05, 4.69) is 5.32 Å². The van der Waals surface area contributed by atoms with Crippen molar-refractivity contribution in [3.05, 3.63) is 59.4 Å². The number of carbonyl (C=O) groups is 1. The molecule has 0 unspecified atom stereocenters. The van der Waals surface area contributed by atoms with E-state index in [-0.39, 0.29) is 17.8 Å². The summed E-state index contributed by atoms with van der Waals surface area (Å²) in [5.41, 5.74) is 2.99. The molecule has 0 atom stereocenters. The summed E-state index contributed by atoms with van der Waals surface area (Å²) in [4.78, 5) is 13.1. The van der Waals surface area contributed by atoms with Gasteiger partial charge in [0.05, 0.1) is 11.7 Å². The molecule has 1 N–H and O–H groups in total. The van der Waals surface area contributed by atoms with Gasteiger partial charge in [0.25, 0.3) is 0 Å². The van der Waals surface area contributed by atoms with Gasteiger partial charge >= 0.3 is 0 Å². The molecule has 1 amide bonds. The van der Waals surface area contributed by atoms with Crippen molar-refractivity contribution < 1.29 is 18.7 Å². The summed E-state index contributed by atoms with van der Waals surface area (Å²) in [5, 5.41) is 3.31. The quantitative estimate of drug-likeness (QED) is 0.704. The molecule has 0 aliphatic heterocycles. The van der Waals surface area contributed by atoms with Crippen molar-refractivity contribution in [3.8, 4) is 0 Å². The molecule has 1 aliphatic carbocycles. The summed E-state index contributed by atoms with van der Waals surface area (Å²) >= 11 is 0. The number of benzene rings is 2. The van der Waals surface area contributed by atoms with Crippen molar-refractivity contribution in [2.45, 2.75) is 50.9 Å². The number of hydrogen-bond donors (Lipinski definition) is 1. The van der Waals surface area contributed by atoms with E-state index in [0.29, 0.717) is 6.54 Å². The molecule has 2 aromatic carbocycles. The molecule has 1 saturated carbocycles. The van der Waals surface area contributed by atoms with Gasteiger partial charge in [0, 0.05) is 46.1 Å². The van der Waals surface area contributed by atoms with Gasteiger partial charge in [-0.1, -0.05) is 12.1 Å². The standard InChI is InChI=1S/C24H31FN2O3/c1-17(28)27(2)22-7-5-18(6-8-22)16-26-21-14-19(13-20(25)15-21)24(30-4)11-9-23(29-3)10-12-24/h5-8,13-15,23,26H,9-12,16H2,1-4H3. The van der Waals surface area contributed by atoms with Crippen LogP contribution < -0.4 is 10.2 Å². The third-order valence-electron chi connectivity index (χ3n) is 6.18. The number of hydrogen-bond acceptors (Lipinski definition) is 4. The Hall–Kier alpha value is -2.44. The normalized spacial score (nSPS) is 21.3. The van der Waals surface area contributed by atoms with Crippen molar-refractivity contribution in [1.29, 1.82) is 0 Å². The second-order valence-corrected chi connectivity index (χ2v) is 7.96. The fraction of sp³-hybridized carbons (Fsp3) is 0.458. The molecule has 0 radical (unpaired) electrons. The van der Waals surface area contributed by atoms with Gasteiger partial charge in [-0.3, -0.25) is 4.79 Å². The van der Waals surface area contributed by atoms with Gasteiger partial charge in [0.1, 0.15) is 5.82 Å². The fourth-order valence-corrected chi connectivity index (χ4v) is 4.08. The van der Waals surface area contributed by atoms with Crippen molar-refractivity contribution in [3.63, 3.8) is 0 Å². The van der Waals surface area contributed by atoms with Crippen molar-refractivity contribution >= 4 is 17.3 Å². The van der Waals surface area contributed by atoms with E-state index in [1.165, 1.54) is 13.0 Å². The minimum absolute atomic E-state index is 0.0141. The molecule has 0 aromatic heterocycles. The zero-order valence-electron chi connectivity index (χ0n) is 18.2. The molecule has 0 spiro atoms.